The Balaban J connectivity index is 1.40. The molecule has 1 aliphatic carbocycles. The number of rotatable bonds is 4. The van der Waals surface area contributed by atoms with Gasteiger partial charge < -0.3 is 21.7 Å². The number of nitrogens with one attached hydrogen (secondary N) is 2. The molecule has 1 amide bonds. The molecule has 1 aromatic carbocycles. The Morgan fingerprint density at radius 2 is 1.94 bits per heavy atom. The second kappa shape index (κ2) is 8.29. The maximum atomic E-state index is 12.9. The molecule has 1 saturated heterocycles. The molecule has 2 aliphatic rings. The van der Waals surface area contributed by atoms with E-state index in [1.165, 1.54) is 12.8 Å². The number of carbonyl (C=O) groups is 1. The quantitative estimate of drug-likeness (QED) is 0.495. The van der Waals surface area contributed by atoms with Crippen LogP contribution in [0.4, 0.5) is 17.6 Å². The highest BCUT2D eigenvalue weighted by Gasteiger charge is 2.32. The first-order valence-electron chi connectivity index (χ1n) is 11.4. The van der Waals surface area contributed by atoms with Crippen LogP contribution in [-0.2, 0) is 4.79 Å². The minimum atomic E-state index is -0.0456. The van der Waals surface area contributed by atoms with Crippen LogP contribution < -0.4 is 21.7 Å². The summed E-state index contributed by atoms with van der Waals surface area (Å²) in [6.07, 6.45) is 6.42. The van der Waals surface area contributed by atoms with Gasteiger partial charge in [-0.25, -0.2) is 4.98 Å². The van der Waals surface area contributed by atoms with Gasteiger partial charge in [0.1, 0.15) is 5.82 Å². The Morgan fingerprint density at radius 1 is 1.12 bits per heavy atom. The van der Waals surface area contributed by atoms with E-state index in [2.05, 4.69) is 37.3 Å². The van der Waals surface area contributed by atoms with Crippen LogP contribution in [0.25, 0.3) is 22.2 Å². The van der Waals surface area contributed by atoms with Crippen molar-refractivity contribution in [3.05, 3.63) is 24.3 Å². The van der Waals surface area contributed by atoms with Crippen molar-refractivity contribution in [3.8, 4) is 11.3 Å². The number of hydrogen-bond acceptors (Lipinski definition) is 7. The fourth-order valence-electron chi connectivity index (χ4n) is 4.98. The van der Waals surface area contributed by atoms with Crippen molar-refractivity contribution in [2.45, 2.75) is 57.5 Å². The summed E-state index contributed by atoms with van der Waals surface area (Å²) in [5.74, 6) is 1.56. The zero-order valence-corrected chi connectivity index (χ0v) is 18.3. The molecule has 9 heteroatoms. The Hall–Kier alpha value is -3.36. The molecule has 2 atom stereocenters. The third-order valence-corrected chi connectivity index (χ3v) is 6.87. The zero-order chi connectivity index (χ0) is 22.2. The molecule has 2 fully saturated rings. The van der Waals surface area contributed by atoms with E-state index in [4.69, 9.17) is 11.5 Å². The monoisotopic (exact) mass is 434 g/mol. The second-order valence-corrected chi connectivity index (χ2v) is 9.10. The molecule has 6 N–H and O–H groups in total. The van der Waals surface area contributed by atoms with Crippen LogP contribution in [0, 0.1) is 5.92 Å². The van der Waals surface area contributed by atoms with Gasteiger partial charge in [0.15, 0.2) is 5.82 Å². The Bertz CT molecular complexity index is 1140. The highest BCUT2D eigenvalue weighted by atomic mass is 16.2. The minimum Gasteiger partial charge on any atom is -0.382 e. The summed E-state index contributed by atoms with van der Waals surface area (Å²) < 4.78 is 0. The van der Waals surface area contributed by atoms with E-state index in [0.29, 0.717) is 18.4 Å². The third kappa shape index (κ3) is 3.94. The first kappa shape index (κ1) is 20.5. The Kier molecular flexibility index (Phi) is 5.32. The number of amides is 1. The van der Waals surface area contributed by atoms with E-state index in [1.54, 1.807) is 0 Å². The van der Waals surface area contributed by atoms with Gasteiger partial charge in [-0.3, -0.25) is 9.89 Å². The number of H-pyrrole nitrogens is 1. The van der Waals surface area contributed by atoms with Gasteiger partial charge in [-0.1, -0.05) is 18.9 Å². The van der Waals surface area contributed by atoms with Gasteiger partial charge in [-0.2, -0.15) is 10.1 Å². The summed E-state index contributed by atoms with van der Waals surface area (Å²) in [5.41, 5.74) is 14.5. The molecule has 32 heavy (non-hydrogen) atoms. The van der Waals surface area contributed by atoms with Crippen LogP contribution in [0.15, 0.2) is 24.3 Å². The third-order valence-electron chi connectivity index (χ3n) is 6.87. The first-order valence-corrected chi connectivity index (χ1v) is 11.4. The van der Waals surface area contributed by atoms with Crippen LogP contribution in [-0.4, -0.2) is 44.7 Å². The van der Waals surface area contributed by atoms with Gasteiger partial charge in [-0.15, -0.1) is 0 Å². The fraction of sp³-hybridized carbons (Fsp3) is 0.478. The van der Waals surface area contributed by atoms with Crippen molar-refractivity contribution < 1.29 is 4.79 Å². The van der Waals surface area contributed by atoms with Crippen LogP contribution in [0.3, 0.4) is 0 Å². The van der Waals surface area contributed by atoms with Crippen molar-refractivity contribution in [1.29, 1.82) is 0 Å². The van der Waals surface area contributed by atoms with Crippen LogP contribution in [0.5, 0.6) is 0 Å². The second-order valence-electron chi connectivity index (χ2n) is 9.10. The number of nitrogens with zero attached hydrogens (tertiary/aromatic N) is 4. The topological polar surface area (TPSA) is 139 Å². The van der Waals surface area contributed by atoms with E-state index in [1.807, 2.05) is 24.3 Å². The lowest BCUT2D eigenvalue weighted by Gasteiger charge is -2.38. The van der Waals surface area contributed by atoms with Crippen molar-refractivity contribution in [2.75, 3.05) is 22.9 Å². The molecule has 0 bridgehead atoms. The highest BCUT2D eigenvalue weighted by molar-refractivity contribution is 5.91. The number of hydrogen-bond donors (Lipinski definition) is 4. The molecule has 0 radical (unpaired) electrons. The van der Waals surface area contributed by atoms with Gasteiger partial charge in [0.05, 0.1) is 17.1 Å². The lowest BCUT2D eigenvalue weighted by Crippen LogP contribution is -2.48. The predicted octanol–water partition coefficient (Wildman–Crippen LogP) is 2.85. The summed E-state index contributed by atoms with van der Waals surface area (Å²) in [7, 11) is 0. The number of carbonyl (C=O) groups excluding carboxylic acids is 1. The number of aromatic nitrogens is 4. The summed E-state index contributed by atoms with van der Waals surface area (Å²) >= 11 is 0. The molecule has 1 saturated carbocycles. The molecule has 5 rings (SSSR count). The van der Waals surface area contributed by atoms with E-state index >= 15 is 0 Å². The minimum absolute atomic E-state index is 0.0456. The summed E-state index contributed by atoms with van der Waals surface area (Å²) in [6, 6.07) is 8.39. The molecule has 1 aliphatic heterocycles. The van der Waals surface area contributed by atoms with Crippen molar-refractivity contribution >= 4 is 34.4 Å². The molecule has 3 aromatic rings. The van der Waals surface area contributed by atoms with Gasteiger partial charge >= 0.3 is 0 Å². The molecular formula is C23H30N8O. The van der Waals surface area contributed by atoms with Crippen LogP contribution in [0.1, 0.15) is 45.4 Å². The molecule has 2 aromatic heterocycles. The SMILES string of the molecule is CC1CCC(C(=O)NC2CCCC2)CN1c1cc(-c2ccc3c(N)n[nH]c3c2)nc(N)n1. The number of piperidine rings is 1. The fourth-order valence-corrected chi connectivity index (χ4v) is 4.98. The van der Waals surface area contributed by atoms with Crippen molar-refractivity contribution in [2.24, 2.45) is 5.92 Å². The molecule has 168 valence electrons. The highest BCUT2D eigenvalue weighted by Crippen LogP contribution is 2.31. The number of nitrogen functional groups attached to an aromatic ring is 2. The van der Waals surface area contributed by atoms with E-state index < -0.39 is 0 Å². The van der Waals surface area contributed by atoms with Gasteiger partial charge in [-0.05, 0) is 44.7 Å². The Labute approximate surface area is 187 Å². The lowest BCUT2D eigenvalue weighted by molar-refractivity contribution is -0.126. The first-order chi connectivity index (χ1) is 15.5. The number of fused-ring (bicyclic) bond motifs is 1. The average Bonchev–Trinajstić information content (AvgIpc) is 3.43. The Morgan fingerprint density at radius 3 is 2.75 bits per heavy atom. The smallest absolute Gasteiger partial charge is 0.225 e. The van der Waals surface area contributed by atoms with Gasteiger partial charge in [0, 0.05) is 35.6 Å². The van der Waals surface area contributed by atoms with Crippen molar-refractivity contribution in [3.63, 3.8) is 0 Å². The van der Waals surface area contributed by atoms with E-state index in [9.17, 15) is 4.79 Å². The van der Waals surface area contributed by atoms with Gasteiger partial charge in [0.2, 0.25) is 11.9 Å². The van der Waals surface area contributed by atoms with Crippen LogP contribution in [0.2, 0.25) is 0 Å². The summed E-state index contributed by atoms with van der Waals surface area (Å²) in [6.45, 7) is 2.80. The number of nitrogens with two attached hydrogens (primary N) is 2. The average molecular weight is 435 g/mol. The number of benzene rings is 1. The molecule has 3 heterocycles. The summed E-state index contributed by atoms with van der Waals surface area (Å²) in [4.78, 5) is 24.1. The van der Waals surface area contributed by atoms with Crippen molar-refractivity contribution in [1.82, 2.24) is 25.5 Å². The van der Waals surface area contributed by atoms with Gasteiger partial charge in [0.25, 0.3) is 0 Å². The lowest BCUT2D eigenvalue weighted by atomic mass is 9.92. The molecule has 9 nitrogen and oxygen atoms in total. The molecule has 2 unspecified atom stereocenters. The number of anilines is 3. The largest absolute Gasteiger partial charge is 0.382 e. The van der Waals surface area contributed by atoms with Crippen LogP contribution >= 0.6 is 0 Å². The number of aromatic amines is 1. The predicted molar refractivity (Wildman–Crippen MR) is 126 cm³/mol. The van der Waals surface area contributed by atoms with E-state index in [0.717, 1.165) is 53.7 Å². The maximum Gasteiger partial charge on any atom is 0.225 e. The zero-order valence-electron chi connectivity index (χ0n) is 18.3. The maximum absolute atomic E-state index is 12.9. The normalized spacial score (nSPS) is 21.8. The van der Waals surface area contributed by atoms with E-state index in [-0.39, 0.29) is 23.8 Å². The molecular weight excluding hydrogens is 404 g/mol. The standard InChI is InChI=1S/C23H30N8O/c1-13-6-7-15(22(32)26-16-4-2-3-5-16)12-31(13)20-11-18(27-23(25)28-20)14-8-9-17-19(10-14)29-30-21(17)24/h8-11,13,15-16H,2-7,12H2,1H3,(H,26,32)(H3,24,29,30)(H2,25,27,28). The summed E-state index contributed by atoms with van der Waals surface area (Å²) in [5, 5.41) is 11.1. The molecule has 0 spiro atoms.